The summed E-state index contributed by atoms with van der Waals surface area (Å²) in [6, 6.07) is 8.22. The van der Waals surface area contributed by atoms with E-state index in [1.807, 2.05) is 19.1 Å². The Kier molecular flexibility index (Phi) is 3.61. The van der Waals surface area contributed by atoms with Gasteiger partial charge >= 0.3 is 0 Å². The maximum absolute atomic E-state index is 10.5. The first-order chi connectivity index (χ1) is 9.10. The van der Waals surface area contributed by atoms with Gasteiger partial charge in [0.15, 0.2) is 0 Å². The van der Waals surface area contributed by atoms with Crippen LogP contribution in [0.2, 0.25) is 0 Å². The molecule has 6 nitrogen and oxygen atoms in total. The molecule has 2 aromatic rings. The average molecular weight is 260 g/mol. The summed E-state index contributed by atoms with van der Waals surface area (Å²) in [4.78, 5) is 13.9. The molecule has 0 fully saturated rings. The van der Waals surface area contributed by atoms with Crippen LogP contribution in [0.15, 0.2) is 36.5 Å². The maximum atomic E-state index is 10.5. The number of nitro groups is 1. The molecule has 6 heteroatoms. The van der Waals surface area contributed by atoms with Gasteiger partial charge in [-0.2, -0.15) is 0 Å². The highest BCUT2D eigenvalue weighted by atomic mass is 16.6. The zero-order valence-electron chi connectivity index (χ0n) is 10.5. The maximum Gasteiger partial charge on any atom is 0.287 e. The van der Waals surface area contributed by atoms with E-state index in [-0.39, 0.29) is 5.69 Å². The van der Waals surface area contributed by atoms with Crippen LogP contribution in [0.1, 0.15) is 5.56 Å². The second kappa shape index (κ2) is 5.34. The number of rotatable bonds is 4. The van der Waals surface area contributed by atoms with Crippen LogP contribution in [-0.2, 0) is 0 Å². The first kappa shape index (κ1) is 12.8. The highest BCUT2D eigenvalue weighted by Crippen LogP contribution is 2.28. The summed E-state index contributed by atoms with van der Waals surface area (Å²) in [6.07, 6.45) is 1.16. The number of benzene rings is 1. The lowest BCUT2D eigenvalue weighted by atomic mass is 10.2. The van der Waals surface area contributed by atoms with Crippen molar-refractivity contribution in [2.75, 3.05) is 7.11 Å². The first-order valence-electron chi connectivity index (χ1n) is 5.53. The van der Waals surface area contributed by atoms with Gasteiger partial charge in [-0.05, 0) is 18.6 Å². The van der Waals surface area contributed by atoms with Crippen LogP contribution in [0.4, 0.5) is 5.69 Å². The largest absolute Gasteiger partial charge is 0.497 e. The average Bonchev–Trinajstić information content (AvgIpc) is 2.42. The molecule has 98 valence electrons. The molecule has 0 aliphatic heterocycles. The van der Waals surface area contributed by atoms with Crippen molar-refractivity contribution >= 4 is 5.69 Å². The molecule has 1 aromatic carbocycles. The molecular weight excluding hydrogens is 248 g/mol. The van der Waals surface area contributed by atoms with E-state index in [1.54, 1.807) is 13.2 Å². The van der Waals surface area contributed by atoms with E-state index in [0.717, 1.165) is 11.8 Å². The fourth-order valence-electron chi connectivity index (χ4n) is 1.47. The second-order valence-electron chi connectivity index (χ2n) is 3.85. The fourth-order valence-corrected chi connectivity index (χ4v) is 1.47. The van der Waals surface area contributed by atoms with Crippen molar-refractivity contribution in [1.29, 1.82) is 0 Å². The van der Waals surface area contributed by atoms with Gasteiger partial charge in [-0.3, -0.25) is 10.1 Å². The fraction of sp³-hybridized carbons (Fsp3) is 0.154. The summed E-state index contributed by atoms with van der Waals surface area (Å²) in [5.41, 5.74) is 0.843. The molecule has 2 rings (SSSR count). The molecular formula is C13H12N2O4. The molecule has 19 heavy (non-hydrogen) atoms. The van der Waals surface area contributed by atoms with Gasteiger partial charge < -0.3 is 9.47 Å². The molecule has 0 spiro atoms. The van der Waals surface area contributed by atoms with Gasteiger partial charge in [0.25, 0.3) is 5.69 Å². The first-order valence-corrected chi connectivity index (χ1v) is 5.53. The monoisotopic (exact) mass is 260 g/mol. The van der Waals surface area contributed by atoms with E-state index in [4.69, 9.17) is 9.47 Å². The molecule has 0 saturated carbocycles. The van der Waals surface area contributed by atoms with Crippen LogP contribution >= 0.6 is 0 Å². The lowest BCUT2D eigenvalue weighted by Gasteiger charge is -2.09. The Hall–Kier alpha value is -2.63. The SMILES string of the molecule is COc1ccc(C)c(Oc2ccc([N+](=O)[O-])cn2)c1. The number of pyridine rings is 1. The molecule has 0 unspecified atom stereocenters. The Morgan fingerprint density at radius 1 is 1.26 bits per heavy atom. The van der Waals surface area contributed by atoms with E-state index < -0.39 is 4.92 Å². The van der Waals surface area contributed by atoms with Crippen LogP contribution in [-0.4, -0.2) is 17.0 Å². The predicted octanol–water partition coefficient (Wildman–Crippen LogP) is 3.10. The number of ether oxygens (including phenoxy) is 2. The van der Waals surface area contributed by atoms with Gasteiger partial charge in [0.1, 0.15) is 17.7 Å². The molecule has 0 aliphatic carbocycles. The molecule has 0 saturated heterocycles. The Balaban J connectivity index is 2.23. The number of nitrogens with zero attached hydrogens (tertiary/aromatic N) is 2. The number of hydrogen-bond acceptors (Lipinski definition) is 5. The Labute approximate surface area is 109 Å². The Bertz CT molecular complexity index is 596. The standard InChI is InChI=1S/C13H12N2O4/c1-9-3-5-11(18-2)7-12(9)19-13-6-4-10(8-14-13)15(16)17/h3-8H,1-2H3. The third-order valence-electron chi connectivity index (χ3n) is 2.54. The van der Waals surface area contributed by atoms with Crippen molar-refractivity contribution in [2.24, 2.45) is 0 Å². The molecule has 0 amide bonds. The van der Waals surface area contributed by atoms with Crippen molar-refractivity contribution < 1.29 is 14.4 Å². The lowest BCUT2D eigenvalue weighted by molar-refractivity contribution is -0.385. The number of methoxy groups -OCH3 is 1. The summed E-state index contributed by atoms with van der Waals surface area (Å²) in [7, 11) is 1.57. The third kappa shape index (κ3) is 2.98. The minimum absolute atomic E-state index is 0.0743. The van der Waals surface area contributed by atoms with Crippen molar-refractivity contribution in [3.05, 3.63) is 52.2 Å². The summed E-state index contributed by atoms with van der Waals surface area (Å²) < 4.78 is 10.7. The summed E-state index contributed by atoms with van der Waals surface area (Å²) in [5.74, 6) is 1.56. The second-order valence-corrected chi connectivity index (χ2v) is 3.85. The molecule has 0 N–H and O–H groups in total. The quantitative estimate of drug-likeness (QED) is 0.623. The number of aromatic nitrogens is 1. The zero-order chi connectivity index (χ0) is 13.8. The van der Waals surface area contributed by atoms with Crippen molar-refractivity contribution in [2.45, 2.75) is 6.92 Å². The Morgan fingerprint density at radius 3 is 2.63 bits per heavy atom. The zero-order valence-corrected chi connectivity index (χ0v) is 10.5. The smallest absolute Gasteiger partial charge is 0.287 e. The molecule has 0 radical (unpaired) electrons. The van der Waals surface area contributed by atoms with Crippen LogP contribution in [0.5, 0.6) is 17.4 Å². The predicted molar refractivity (Wildman–Crippen MR) is 68.7 cm³/mol. The molecule has 0 aliphatic rings. The van der Waals surface area contributed by atoms with Crippen molar-refractivity contribution in [1.82, 2.24) is 4.98 Å². The molecule has 1 heterocycles. The lowest BCUT2D eigenvalue weighted by Crippen LogP contribution is -1.93. The van der Waals surface area contributed by atoms with E-state index in [2.05, 4.69) is 4.98 Å². The van der Waals surface area contributed by atoms with E-state index in [9.17, 15) is 10.1 Å². The minimum Gasteiger partial charge on any atom is -0.497 e. The van der Waals surface area contributed by atoms with Gasteiger partial charge in [0, 0.05) is 18.2 Å². The highest BCUT2D eigenvalue weighted by Gasteiger charge is 2.08. The van der Waals surface area contributed by atoms with E-state index >= 15 is 0 Å². The van der Waals surface area contributed by atoms with Gasteiger partial charge in [-0.1, -0.05) is 6.07 Å². The normalized spacial score (nSPS) is 10.0. The number of hydrogen-bond donors (Lipinski definition) is 0. The molecule has 0 bridgehead atoms. The summed E-state index contributed by atoms with van der Waals surface area (Å²) >= 11 is 0. The van der Waals surface area contributed by atoms with Crippen LogP contribution in [0, 0.1) is 17.0 Å². The highest BCUT2D eigenvalue weighted by molar-refractivity contribution is 5.42. The van der Waals surface area contributed by atoms with E-state index in [0.29, 0.717) is 17.4 Å². The Morgan fingerprint density at radius 2 is 2.05 bits per heavy atom. The van der Waals surface area contributed by atoms with Crippen LogP contribution in [0.3, 0.4) is 0 Å². The van der Waals surface area contributed by atoms with Crippen LogP contribution in [0.25, 0.3) is 0 Å². The van der Waals surface area contributed by atoms with Gasteiger partial charge in [-0.25, -0.2) is 4.98 Å². The van der Waals surface area contributed by atoms with Crippen molar-refractivity contribution in [3.63, 3.8) is 0 Å². The molecule has 0 atom stereocenters. The van der Waals surface area contributed by atoms with Crippen molar-refractivity contribution in [3.8, 4) is 17.4 Å². The summed E-state index contributed by atoms with van der Waals surface area (Å²) in [6.45, 7) is 1.89. The third-order valence-corrected chi connectivity index (χ3v) is 2.54. The van der Waals surface area contributed by atoms with Gasteiger partial charge in [0.05, 0.1) is 12.0 Å². The van der Waals surface area contributed by atoms with E-state index in [1.165, 1.54) is 12.1 Å². The van der Waals surface area contributed by atoms with Gasteiger partial charge in [-0.15, -0.1) is 0 Å². The minimum atomic E-state index is -0.506. The number of aryl methyl sites for hydroxylation is 1. The summed E-state index contributed by atoms with van der Waals surface area (Å²) in [5, 5.41) is 10.5. The van der Waals surface area contributed by atoms with Gasteiger partial charge in [0.2, 0.25) is 5.88 Å². The topological polar surface area (TPSA) is 74.5 Å². The van der Waals surface area contributed by atoms with Crippen LogP contribution < -0.4 is 9.47 Å². The molecule has 1 aromatic heterocycles.